The zero-order valence-corrected chi connectivity index (χ0v) is 19.0. The fourth-order valence-corrected chi connectivity index (χ4v) is 3.33. The van der Waals surface area contributed by atoms with Crippen LogP contribution in [-0.4, -0.2) is 33.6 Å². The van der Waals surface area contributed by atoms with E-state index in [0.29, 0.717) is 17.5 Å². The lowest BCUT2D eigenvalue weighted by atomic mass is 10.0. The van der Waals surface area contributed by atoms with Crippen molar-refractivity contribution in [3.05, 3.63) is 46.2 Å². The third-order valence-electron chi connectivity index (χ3n) is 5.26. The molecule has 1 fully saturated rings. The first-order valence-electron chi connectivity index (χ1n) is 9.98. The number of nitrogens with zero attached hydrogens (tertiary/aromatic N) is 4. The number of allylic oxidation sites excluding steroid dienone is 1. The number of anilines is 2. The van der Waals surface area contributed by atoms with Gasteiger partial charge in [0.05, 0.1) is 16.7 Å². The van der Waals surface area contributed by atoms with Crippen molar-refractivity contribution in [3.63, 3.8) is 0 Å². The summed E-state index contributed by atoms with van der Waals surface area (Å²) in [4.78, 5) is 12.6. The first-order valence-corrected chi connectivity index (χ1v) is 10.4. The maximum atomic E-state index is 14.0. The summed E-state index contributed by atoms with van der Waals surface area (Å²) in [6.07, 6.45) is -1.78. The number of rotatable bonds is 8. The van der Waals surface area contributed by atoms with Crippen molar-refractivity contribution in [1.29, 1.82) is 15.9 Å². The second kappa shape index (κ2) is 9.47. The number of nitrogens with one attached hydrogen (secondary N) is 4. The van der Waals surface area contributed by atoms with Crippen LogP contribution in [0.5, 0.6) is 0 Å². The van der Waals surface area contributed by atoms with Crippen molar-refractivity contribution in [3.8, 4) is 12.3 Å². The first kappa shape index (κ1) is 26.4. The van der Waals surface area contributed by atoms with E-state index in [1.54, 1.807) is 5.32 Å². The van der Waals surface area contributed by atoms with E-state index in [9.17, 15) is 32.0 Å². The van der Waals surface area contributed by atoms with E-state index in [0.717, 1.165) is 19.5 Å². The van der Waals surface area contributed by atoms with Crippen LogP contribution in [0, 0.1) is 28.2 Å². The Labute approximate surface area is 205 Å². The van der Waals surface area contributed by atoms with Gasteiger partial charge in [0.1, 0.15) is 11.2 Å². The average molecular weight is 527 g/mol. The standard InChI is InChI=1S/C21H16ClF5N8O/c1-35-17(15(32-10-30)16(34-35)20(23,24)21(25,26)27)31-8-12(7-28)11-2-3-14(22)13(6-11)18(36)33-19(9-29)4-5-19/h2-3,6-8,28,31-32H,4-5H2,1H3,(H,33,36)/b12-8+,28-7?. The quantitative estimate of drug-likeness (QED) is 0.172. The minimum atomic E-state index is -5.97. The van der Waals surface area contributed by atoms with Gasteiger partial charge in [-0.05, 0) is 30.5 Å². The highest BCUT2D eigenvalue weighted by Crippen LogP contribution is 2.47. The number of carbonyl (C=O) groups excluding carboxylic acids is 1. The number of carbonyl (C=O) groups is 1. The molecule has 1 saturated carbocycles. The summed E-state index contributed by atoms with van der Waals surface area (Å²) in [7, 11) is 1.08. The van der Waals surface area contributed by atoms with Crippen LogP contribution in [0.25, 0.3) is 5.57 Å². The maximum absolute atomic E-state index is 14.0. The van der Waals surface area contributed by atoms with Crippen LogP contribution in [0.2, 0.25) is 5.02 Å². The summed E-state index contributed by atoms with van der Waals surface area (Å²) in [5, 5.41) is 35.9. The molecule has 1 aliphatic rings. The molecule has 0 unspecified atom stereocenters. The highest BCUT2D eigenvalue weighted by Gasteiger charge is 2.62. The monoisotopic (exact) mass is 526 g/mol. The molecule has 3 rings (SSSR count). The molecule has 9 nitrogen and oxygen atoms in total. The van der Waals surface area contributed by atoms with Crippen molar-refractivity contribution >= 4 is 40.8 Å². The van der Waals surface area contributed by atoms with Gasteiger partial charge in [0.25, 0.3) is 5.91 Å². The average Bonchev–Trinajstić information content (AvgIpc) is 3.51. The Balaban J connectivity index is 1.97. The second-order valence-electron chi connectivity index (χ2n) is 7.74. The number of hydrogen-bond acceptors (Lipinski definition) is 7. The zero-order valence-electron chi connectivity index (χ0n) is 18.3. The lowest BCUT2D eigenvalue weighted by Crippen LogP contribution is -2.35. The second-order valence-corrected chi connectivity index (χ2v) is 8.14. The van der Waals surface area contributed by atoms with Crippen molar-refractivity contribution in [1.82, 2.24) is 15.1 Å². The Morgan fingerprint density at radius 2 is 1.94 bits per heavy atom. The Hall–Kier alpha value is -4.17. The molecule has 0 radical (unpaired) electrons. The summed E-state index contributed by atoms with van der Waals surface area (Å²) in [5.74, 6) is -6.41. The third kappa shape index (κ3) is 4.94. The molecule has 1 aliphatic carbocycles. The molecule has 188 valence electrons. The van der Waals surface area contributed by atoms with Crippen LogP contribution < -0.4 is 16.0 Å². The number of nitriles is 2. The number of aryl methyl sites for hydroxylation is 1. The molecular weight excluding hydrogens is 511 g/mol. The van der Waals surface area contributed by atoms with Gasteiger partial charge in [-0.15, -0.1) is 0 Å². The molecule has 1 amide bonds. The molecule has 2 aromatic rings. The van der Waals surface area contributed by atoms with Gasteiger partial charge in [-0.1, -0.05) is 17.7 Å². The number of hydrogen-bond donors (Lipinski definition) is 4. The largest absolute Gasteiger partial charge is 0.459 e. The van der Waals surface area contributed by atoms with Gasteiger partial charge in [0.15, 0.2) is 17.7 Å². The van der Waals surface area contributed by atoms with Crippen molar-refractivity contribution in [2.45, 2.75) is 30.5 Å². The summed E-state index contributed by atoms with van der Waals surface area (Å²) < 4.78 is 67.3. The van der Waals surface area contributed by atoms with E-state index in [1.165, 1.54) is 24.4 Å². The van der Waals surface area contributed by atoms with Crippen LogP contribution in [0.15, 0.2) is 24.4 Å². The highest BCUT2D eigenvalue weighted by molar-refractivity contribution is 6.34. The van der Waals surface area contributed by atoms with E-state index < -0.39 is 40.7 Å². The van der Waals surface area contributed by atoms with Gasteiger partial charge in [-0.25, -0.2) is 0 Å². The van der Waals surface area contributed by atoms with Gasteiger partial charge in [-0.2, -0.15) is 37.6 Å². The molecule has 15 heteroatoms. The number of benzene rings is 1. The topological polar surface area (TPSA) is 142 Å². The third-order valence-corrected chi connectivity index (χ3v) is 5.59. The van der Waals surface area contributed by atoms with Gasteiger partial charge >= 0.3 is 12.1 Å². The molecule has 0 bridgehead atoms. The van der Waals surface area contributed by atoms with E-state index in [-0.39, 0.29) is 21.7 Å². The Kier molecular flexibility index (Phi) is 6.95. The molecule has 0 saturated heterocycles. The minimum absolute atomic E-state index is 0.00270. The molecule has 0 spiro atoms. The van der Waals surface area contributed by atoms with Crippen LogP contribution in [0.4, 0.5) is 33.5 Å². The predicted molar refractivity (Wildman–Crippen MR) is 119 cm³/mol. The van der Waals surface area contributed by atoms with Gasteiger partial charge in [0, 0.05) is 25.0 Å². The predicted octanol–water partition coefficient (Wildman–Crippen LogP) is 4.51. The summed E-state index contributed by atoms with van der Waals surface area (Å²) in [6.45, 7) is 0. The van der Waals surface area contributed by atoms with E-state index in [1.807, 2.05) is 6.07 Å². The molecule has 0 atom stereocenters. The molecule has 1 aromatic carbocycles. The fourth-order valence-electron chi connectivity index (χ4n) is 3.13. The van der Waals surface area contributed by atoms with E-state index in [2.05, 4.69) is 15.7 Å². The Morgan fingerprint density at radius 1 is 1.28 bits per heavy atom. The lowest BCUT2D eigenvalue weighted by Gasteiger charge is -2.18. The summed E-state index contributed by atoms with van der Waals surface area (Å²) >= 11 is 6.11. The summed E-state index contributed by atoms with van der Waals surface area (Å²) in [6, 6.07) is 6.14. The Morgan fingerprint density at radius 3 is 2.47 bits per heavy atom. The number of amides is 1. The maximum Gasteiger partial charge on any atom is 0.459 e. The normalized spacial score (nSPS) is 14.9. The first-order chi connectivity index (χ1) is 16.8. The van der Waals surface area contributed by atoms with Crippen LogP contribution in [0.1, 0.15) is 34.5 Å². The zero-order chi connectivity index (χ0) is 26.9. The lowest BCUT2D eigenvalue weighted by molar-refractivity contribution is -0.290. The number of aromatic nitrogens is 2. The fraction of sp³-hybridized carbons (Fsp3) is 0.286. The minimum Gasteiger partial charge on any atom is -0.344 e. The molecular formula is C21H16ClF5N8O. The van der Waals surface area contributed by atoms with Gasteiger partial charge in [-0.3, -0.25) is 14.8 Å². The van der Waals surface area contributed by atoms with Crippen LogP contribution >= 0.6 is 11.6 Å². The molecule has 1 aromatic heterocycles. The molecule has 0 aliphatic heterocycles. The SMILES string of the molecule is Cn1nc(C(F)(F)C(F)(F)F)c(NC#N)c1N/C=C(\C=N)c1ccc(Cl)c(C(=O)NC2(C#N)CC2)c1. The van der Waals surface area contributed by atoms with Crippen molar-refractivity contribution in [2.24, 2.45) is 7.05 Å². The van der Waals surface area contributed by atoms with Gasteiger partial charge < -0.3 is 16.0 Å². The molecule has 4 N–H and O–H groups in total. The van der Waals surface area contributed by atoms with Crippen LogP contribution in [0.3, 0.4) is 0 Å². The van der Waals surface area contributed by atoms with Crippen molar-refractivity contribution < 1.29 is 26.7 Å². The summed E-state index contributed by atoms with van der Waals surface area (Å²) in [5.41, 5.74) is -3.27. The molecule has 36 heavy (non-hydrogen) atoms. The number of alkyl halides is 5. The number of halogens is 6. The smallest absolute Gasteiger partial charge is 0.344 e. The van der Waals surface area contributed by atoms with Crippen molar-refractivity contribution in [2.75, 3.05) is 10.6 Å². The van der Waals surface area contributed by atoms with E-state index in [4.69, 9.17) is 22.3 Å². The molecule has 1 heterocycles. The van der Waals surface area contributed by atoms with E-state index >= 15 is 0 Å². The Bertz CT molecular complexity index is 1330. The highest BCUT2D eigenvalue weighted by atomic mass is 35.5. The van der Waals surface area contributed by atoms with Gasteiger partial charge in [0.2, 0.25) is 0 Å². The van der Waals surface area contributed by atoms with Crippen LogP contribution in [-0.2, 0) is 13.0 Å².